The first-order valence-electron chi connectivity index (χ1n) is 20.5. The van der Waals surface area contributed by atoms with Crippen LogP contribution in [0.5, 0.6) is 23.0 Å². The van der Waals surface area contributed by atoms with Crippen molar-refractivity contribution in [2.24, 2.45) is 0 Å². The van der Waals surface area contributed by atoms with Crippen LogP contribution in [-0.4, -0.2) is 15.8 Å². The van der Waals surface area contributed by atoms with E-state index in [0.717, 1.165) is 67.3 Å². The Hall–Kier alpha value is -6.76. The molecule has 3 aromatic heterocycles. The van der Waals surface area contributed by atoms with Crippen LogP contribution in [0.15, 0.2) is 152 Å². The van der Waals surface area contributed by atoms with E-state index in [1.54, 1.807) is 0 Å². The van der Waals surface area contributed by atoms with Crippen LogP contribution >= 0.6 is 11.3 Å². The quantitative estimate of drug-likeness (QED) is 0.164. The third-order valence-corrected chi connectivity index (χ3v) is 14.0. The molecule has 0 saturated carbocycles. The highest BCUT2D eigenvalue weighted by Crippen LogP contribution is 2.48. The fourth-order valence-electron chi connectivity index (χ4n) is 10.2. The van der Waals surface area contributed by atoms with E-state index in [0.29, 0.717) is 0 Å². The van der Waals surface area contributed by atoms with Crippen molar-refractivity contribution in [3.63, 3.8) is 0 Å². The maximum Gasteiger partial charge on any atom is 0.273 e. The number of benzene rings is 8. The first kappa shape index (κ1) is 33.2. The molecule has 0 unspecified atom stereocenters. The Labute approximate surface area is 345 Å². The van der Waals surface area contributed by atoms with Crippen molar-refractivity contribution < 1.29 is 9.47 Å². The van der Waals surface area contributed by atoms with Crippen molar-refractivity contribution in [3.8, 4) is 34.4 Å². The summed E-state index contributed by atoms with van der Waals surface area (Å²) in [6, 6.07) is 55.7. The fraction of sp³-hybridized carbons (Fsp3) is 0.0943. The first-order valence-corrected chi connectivity index (χ1v) is 21.3. The first-order chi connectivity index (χ1) is 28.8. The number of aromatic nitrogens is 2. The van der Waals surface area contributed by atoms with Crippen LogP contribution in [0.2, 0.25) is 0 Å². The van der Waals surface area contributed by atoms with Crippen molar-refractivity contribution in [1.82, 2.24) is 9.13 Å². The Kier molecular flexibility index (Phi) is 6.58. The summed E-state index contributed by atoms with van der Waals surface area (Å²) in [4.78, 5) is 0. The lowest BCUT2D eigenvalue weighted by Crippen LogP contribution is -2.56. The topological polar surface area (TPSA) is 28.3 Å². The Balaban J connectivity index is 1.24. The SMILES string of the molecule is Cc1cc2c3c(c1)Oc1c(cc(-n4c5ccccc5c5ccccc54)c4c5ccccc5n(-c5cccc6ccccc56)c14)B3c1sc3ccc(C(C)(C)C)cc3c1O2. The summed E-state index contributed by atoms with van der Waals surface area (Å²) < 4.78 is 21.9. The minimum absolute atomic E-state index is 0.00244. The van der Waals surface area contributed by atoms with Gasteiger partial charge in [-0.15, -0.1) is 11.3 Å². The number of aryl methyl sites for hydroxylation is 1. The summed E-state index contributed by atoms with van der Waals surface area (Å²) in [6.45, 7) is 8.87. The summed E-state index contributed by atoms with van der Waals surface area (Å²) >= 11 is 1.85. The Morgan fingerprint density at radius 3 is 1.86 bits per heavy atom. The van der Waals surface area contributed by atoms with E-state index in [-0.39, 0.29) is 12.1 Å². The van der Waals surface area contributed by atoms with Gasteiger partial charge in [0, 0.05) is 47.3 Å². The molecule has 0 amide bonds. The molecule has 0 aliphatic carbocycles. The monoisotopic (exact) mass is 776 g/mol. The number of rotatable bonds is 2. The highest BCUT2D eigenvalue weighted by Gasteiger charge is 2.44. The summed E-state index contributed by atoms with van der Waals surface area (Å²) in [6.07, 6.45) is 0. The molecule has 0 saturated heterocycles. The summed E-state index contributed by atoms with van der Waals surface area (Å²) in [5.41, 5.74) is 11.5. The molecule has 5 heterocycles. The lowest BCUT2D eigenvalue weighted by atomic mass is 9.37. The molecule has 280 valence electrons. The second-order valence-electron chi connectivity index (χ2n) is 17.3. The minimum Gasteiger partial charge on any atom is -0.457 e. The highest BCUT2D eigenvalue weighted by atomic mass is 32.1. The third-order valence-electron chi connectivity index (χ3n) is 12.8. The molecule has 11 aromatic rings. The smallest absolute Gasteiger partial charge is 0.273 e. The zero-order chi connectivity index (χ0) is 39.3. The molecule has 0 N–H and O–H groups in total. The molecule has 8 aromatic carbocycles. The van der Waals surface area contributed by atoms with Crippen LogP contribution in [0, 0.1) is 6.92 Å². The van der Waals surface area contributed by atoms with Gasteiger partial charge in [0.05, 0.1) is 33.4 Å². The van der Waals surface area contributed by atoms with E-state index >= 15 is 0 Å². The largest absolute Gasteiger partial charge is 0.457 e. The molecule has 4 nitrogen and oxygen atoms in total. The fourth-order valence-corrected chi connectivity index (χ4v) is 11.4. The van der Waals surface area contributed by atoms with Crippen LogP contribution < -0.4 is 25.2 Å². The molecule has 2 aliphatic heterocycles. The van der Waals surface area contributed by atoms with Gasteiger partial charge in [0.25, 0.3) is 6.71 Å². The van der Waals surface area contributed by atoms with Crippen LogP contribution in [0.1, 0.15) is 31.9 Å². The van der Waals surface area contributed by atoms with Crippen LogP contribution in [0.3, 0.4) is 0 Å². The summed E-state index contributed by atoms with van der Waals surface area (Å²) in [5.74, 6) is 3.59. The van der Waals surface area contributed by atoms with E-state index in [1.165, 1.54) is 58.4 Å². The predicted octanol–water partition coefficient (Wildman–Crippen LogP) is 12.6. The molecular weight excluding hydrogens is 739 g/mol. The molecule has 59 heavy (non-hydrogen) atoms. The summed E-state index contributed by atoms with van der Waals surface area (Å²) in [7, 11) is 0. The van der Waals surface area contributed by atoms with Crippen molar-refractivity contribution in [2.75, 3.05) is 0 Å². The Morgan fingerprint density at radius 1 is 0.542 bits per heavy atom. The number of ether oxygens (including phenoxy) is 2. The minimum atomic E-state index is -0.112. The van der Waals surface area contributed by atoms with Gasteiger partial charge >= 0.3 is 0 Å². The van der Waals surface area contributed by atoms with Gasteiger partial charge in [0.15, 0.2) is 0 Å². The number of fused-ring (bicyclic) bond motifs is 14. The van der Waals surface area contributed by atoms with Crippen molar-refractivity contribution in [1.29, 1.82) is 0 Å². The van der Waals surface area contributed by atoms with Gasteiger partial charge in [0.2, 0.25) is 0 Å². The lowest BCUT2D eigenvalue weighted by Gasteiger charge is -2.33. The Bertz CT molecular complexity index is 3580. The number of hydrogen-bond acceptors (Lipinski definition) is 3. The number of thiophene rings is 1. The average molecular weight is 777 g/mol. The predicted molar refractivity (Wildman–Crippen MR) is 249 cm³/mol. The van der Waals surface area contributed by atoms with Gasteiger partial charge in [-0.25, -0.2) is 0 Å². The molecule has 0 fully saturated rings. The lowest BCUT2D eigenvalue weighted by molar-refractivity contribution is 0.469. The second-order valence-corrected chi connectivity index (χ2v) is 18.4. The van der Waals surface area contributed by atoms with Gasteiger partial charge in [-0.3, -0.25) is 0 Å². The molecule has 0 radical (unpaired) electrons. The molecule has 2 aliphatic rings. The normalized spacial score (nSPS) is 13.3. The molecular formula is C53H37BN2O2S. The van der Waals surface area contributed by atoms with E-state index in [2.05, 4.69) is 188 Å². The van der Waals surface area contributed by atoms with Crippen molar-refractivity contribution >= 4 is 98.2 Å². The standard InChI is InChI=1S/C53H37BN2O2S/c1-30-26-44-48-45(27-30)58-51-38(54(48)52-50(57-44)37-28-32(53(2,3)4)24-25-46(37)59-52)29-43(55-40-20-10-7-17-34(40)35-18-8-11-21-41(35)55)47-36-19-9-12-22-42(36)56(49(47)51)39-23-13-15-31-14-5-6-16-33(31)39/h5-29H,1-4H3. The van der Waals surface area contributed by atoms with Gasteiger partial charge in [-0.05, 0) is 88.9 Å². The van der Waals surface area contributed by atoms with Gasteiger partial charge in [-0.1, -0.05) is 118 Å². The number of para-hydroxylation sites is 3. The second kappa shape index (κ2) is 11.7. The maximum absolute atomic E-state index is 7.42. The van der Waals surface area contributed by atoms with E-state index < -0.39 is 0 Å². The zero-order valence-electron chi connectivity index (χ0n) is 33.1. The summed E-state index contributed by atoms with van der Waals surface area (Å²) in [5, 5.41) is 8.37. The molecule has 6 heteroatoms. The van der Waals surface area contributed by atoms with Crippen LogP contribution in [0.25, 0.3) is 75.8 Å². The van der Waals surface area contributed by atoms with Crippen LogP contribution in [0.4, 0.5) is 0 Å². The highest BCUT2D eigenvalue weighted by molar-refractivity contribution is 7.33. The van der Waals surface area contributed by atoms with Crippen LogP contribution in [-0.2, 0) is 5.41 Å². The van der Waals surface area contributed by atoms with E-state index in [1.807, 2.05) is 11.3 Å². The average Bonchev–Trinajstić information content (AvgIpc) is 3.91. The molecule has 13 rings (SSSR count). The van der Waals surface area contributed by atoms with Crippen molar-refractivity contribution in [2.45, 2.75) is 33.1 Å². The van der Waals surface area contributed by atoms with E-state index in [9.17, 15) is 0 Å². The van der Waals surface area contributed by atoms with Gasteiger partial charge < -0.3 is 18.6 Å². The molecule has 0 spiro atoms. The number of nitrogens with zero attached hydrogens (tertiary/aromatic N) is 2. The molecule has 0 bridgehead atoms. The zero-order valence-corrected chi connectivity index (χ0v) is 33.9. The number of hydrogen-bond donors (Lipinski definition) is 0. The molecule has 0 atom stereocenters. The Morgan fingerprint density at radius 2 is 1.15 bits per heavy atom. The maximum atomic E-state index is 7.42. The van der Waals surface area contributed by atoms with E-state index in [4.69, 9.17) is 9.47 Å². The van der Waals surface area contributed by atoms with Gasteiger partial charge in [0.1, 0.15) is 23.0 Å². The third kappa shape index (κ3) is 4.50. The van der Waals surface area contributed by atoms with Crippen molar-refractivity contribution in [3.05, 3.63) is 163 Å². The van der Waals surface area contributed by atoms with Gasteiger partial charge in [-0.2, -0.15) is 0 Å².